The van der Waals surface area contributed by atoms with E-state index in [1.54, 1.807) is 0 Å². The van der Waals surface area contributed by atoms with Crippen LogP contribution < -0.4 is 15.1 Å². The average molecular weight is 354 g/mol. The Labute approximate surface area is 157 Å². The largest absolute Gasteiger partial charge is 0.368 e. The molecule has 2 heterocycles. The van der Waals surface area contributed by atoms with Crippen LogP contribution in [0.15, 0.2) is 24.3 Å². The Morgan fingerprint density at radius 3 is 2.46 bits per heavy atom. The molecule has 0 radical (unpaired) electrons. The van der Waals surface area contributed by atoms with Gasteiger partial charge in [-0.2, -0.15) is 4.98 Å². The van der Waals surface area contributed by atoms with E-state index in [9.17, 15) is 0 Å². The standard InChI is InChI=1S/C21H31N5/c1-5-6-10-22-21-23-17(3)15-20(24-21)26-13-11-25(12-14-26)19-9-7-8-16(2)18(19)4/h7-9,15H,5-6,10-14H2,1-4H3,(H,22,23,24). The molecule has 0 saturated carbocycles. The van der Waals surface area contributed by atoms with Gasteiger partial charge in [-0.25, -0.2) is 4.98 Å². The summed E-state index contributed by atoms with van der Waals surface area (Å²) in [7, 11) is 0. The van der Waals surface area contributed by atoms with Crippen LogP contribution >= 0.6 is 0 Å². The van der Waals surface area contributed by atoms with Gasteiger partial charge in [0.05, 0.1) is 0 Å². The van der Waals surface area contributed by atoms with E-state index in [0.717, 1.165) is 56.6 Å². The first kappa shape index (κ1) is 18.5. The summed E-state index contributed by atoms with van der Waals surface area (Å²) in [6.07, 6.45) is 2.31. The lowest BCUT2D eigenvalue weighted by Gasteiger charge is -2.37. The summed E-state index contributed by atoms with van der Waals surface area (Å²) in [6.45, 7) is 13.6. The monoisotopic (exact) mass is 353 g/mol. The minimum atomic E-state index is 0.755. The molecule has 1 fully saturated rings. The van der Waals surface area contributed by atoms with E-state index >= 15 is 0 Å². The Bertz CT molecular complexity index is 735. The molecule has 0 atom stereocenters. The number of nitrogens with zero attached hydrogens (tertiary/aromatic N) is 4. The molecule has 0 unspecified atom stereocenters. The maximum atomic E-state index is 4.74. The highest BCUT2D eigenvalue weighted by molar-refractivity contribution is 5.57. The van der Waals surface area contributed by atoms with Crippen molar-refractivity contribution in [2.75, 3.05) is 47.8 Å². The second kappa shape index (κ2) is 8.39. The fourth-order valence-electron chi connectivity index (χ4n) is 3.42. The Morgan fingerprint density at radius 1 is 1.00 bits per heavy atom. The summed E-state index contributed by atoms with van der Waals surface area (Å²) in [4.78, 5) is 14.1. The van der Waals surface area contributed by atoms with Gasteiger partial charge in [-0.15, -0.1) is 0 Å². The molecule has 5 heteroatoms. The van der Waals surface area contributed by atoms with Gasteiger partial charge in [0.25, 0.3) is 0 Å². The van der Waals surface area contributed by atoms with Crippen molar-refractivity contribution in [3.8, 4) is 0 Å². The van der Waals surface area contributed by atoms with E-state index in [0.29, 0.717) is 0 Å². The predicted octanol–water partition coefficient (Wildman–Crippen LogP) is 3.94. The number of aryl methyl sites for hydroxylation is 2. The molecule has 0 amide bonds. The minimum Gasteiger partial charge on any atom is -0.368 e. The maximum absolute atomic E-state index is 4.74. The van der Waals surface area contributed by atoms with Crippen molar-refractivity contribution >= 4 is 17.5 Å². The summed E-state index contributed by atoms with van der Waals surface area (Å²) < 4.78 is 0. The second-order valence-corrected chi connectivity index (χ2v) is 7.16. The highest BCUT2D eigenvalue weighted by Crippen LogP contribution is 2.25. The molecule has 1 aliphatic rings. The summed E-state index contributed by atoms with van der Waals surface area (Å²) in [5.74, 6) is 1.79. The predicted molar refractivity (Wildman–Crippen MR) is 111 cm³/mol. The van der Waals surface area contributed by atoms with Crippen LogP contribution in [0.25, 0.3) is 0 Å². The molecule has 1 aromatic heterocycles. The fourth-order valence-corrected chi connectivity index (χ4v) is 3.42. The lowest BCUT2D eigenvalue weighted by atomic mass is 10.1. The Morgan fingerprint density at radius 2 is 1.73 bits per heavy atom. The van der Waals surface area contributed by atoms with Crippen LogP contribution in [-0.2, 0) is 0 Å². The van der Waals surface area contributed by atoms with Crippen molar-refractivity contribution < 1.29 is 0 Å². The number of unbranched alkanes of at least 4 members (excludes halogenated alkanes) is 1. The minimum absolute atomic E-state index is 0.755. The third kappa shape index (κ3) is 4.26. The first-order valence-corrected chi connectivity index (χ1v) is 9.74. The topological polar surface area (TPSA) is 44.3 Å². The molecule has 1 aliphatic heterocycles. The molecule has 0 spiro atoms. The Kier molecular flexibility index (Phi) is 5.96. The van der Waals surface area contributed by atoms with E-state index in [1.165, 1.54) is 23.2 Å². The molecular weight excluding hydrogens is 322 g/mol. The van der Waals surface area contributed by atoms with E-state index in [1.807, 2.05) is 6.92 Å². The lowest BCUT2D eigenvalue weighted by Crippen LogP contribution is -2.47. The van der Waals surface area contributed by atoms with Gasteiger partial charge in [-0.05, 0) is 44.4 Å². The molecule has 5 nitrogen and oxygen atoms in total. The van der Waals surface area contributed by atoms with Gasteiger partial charge in [0, 0.05) is 50.2 Å². The highest BCUT2D eigenvalue weighted by atomic mass is 15.3. The number of hydrogen-bond acceptors (Lipinski definition) is 5. The number of anilines is 3. The van der Waals surface area contributed by atoms with Crippen LogP contribution in [0.1, 0.15) is 36.6 Å². The molecule has 0 bridgehead atoms. The molecule has 1 N–H and O–H groups in total. The molecule has 1 saturated heterocycles. The SMILES string of the molecule is CCCCNc1nc(C)cc(N2CCN(c3cccc(C)c3C)CC2)n1. The van der Waals surface area contributed by atoms with Crippen LogP contribution in [0.5, 0.6) is 0 Å². The molecular formula is C21H31N5. The molecule has 2 aromatic rings. The maximum Gasteiger partial charge on any atom is 0.224 e. The number of hydrogen-bond donors (Lipinski definition) is 1. The number of piperazine rings is 1. The summed E-state index contributed by atoms with van der Waals surface area (Å²) in [6, 6.07) is 8.68. The zero-order valence-corrected chi connectivity index (χ0v) is 16.5. The van der Waals surface area contributed by atoms with Crippen LogP contribution in [0, 0.1) is 20.8 Å². The molecule has 26 heavy (non-hydrogen) atoms. The first-order chi connectivity index (χ1) is 12.6. The van der Waals surface area contributed by atoms with E-state index in [2.05, 4.69) is 65.1 Å². The second-order valence-electron chi connectivity index (χ2n) is 7.16. The zero-order valence-electron chi connectivity index (χ0n) is 16.5. The van der Waals surface area contributed by atoms with Crippen molar-refractivity contribution in [2.24, 2.45) is 0 Å². The van der Waals surface area contributed by atoms with Crippen molar-refractivity contribution in [1.29, 1.82) is 0 Å². The van der Waals surface area contributed by atoms with Gasteiger partial charge in [-0.3, -0.25) is 0 Å². The van der Waals surface area contributed by atoms with Gasteiger partial charge in [0.2, 0.25) is 5.95 Å². The van der Waals surface area contributed by atoms with Crippen molar-refractivity contribution in [3.63, 3.8) is 0 Å². The molecule has 1 aromatic carbocycles. The normalized spacial score (nSPS) is 14.6. The lowest BCUT2D eigenvalue weighted by molar-refractivity contribution is 0.645. The number of aromatic nitrogens is 2. The van der Waals surface area contributed by atoms with Gasteiger partial charge in [0.1, 0.15) is 5.82 Å². The highest BCUT2D eigenvalue weighted by Gasteiger charge is 2.20. The van der Waals surface area contributed by atoms with E-state index < -0.39 is 0 Å². The van der Waals surface area contributed by atoms with Crippen LogP contribution in [0.3, 0.4) is 0 Å². The van der Waals surface area contributed by atoms with Gasteiger partial charge < -0.3 is 15.1 Å². The molecule has 0 aliphatic carbocycles. The number of nitrogens with one attached hydrogen (secondary N) is 1. The number of benzene rings is 1. The third-order valence-electron chi connectivity index (χ3n) is 5.17. The van der Waals surface area contributed by atoms with E-state index in [4.69, 9.17) is 4.98 Å². The van der Waals surface area contributed by atoms with Crippen LogP contribution in [0.2, 0.25) is 0 Å². The van der Waals surface area contributed by atoms with Crippen LogP contribution in [-0.4, -0.2) is 42.7 Å². The Hall–Kier alpha value is -2.30. The fraction of sp³-hybridized carbons (Fsp3) is 0.524. The third-order valence-corrected chi connectivity index (χ3v) is 5.17. The van der Waals surface area contributed by atoms with Crippen molar-refractivity contribution in [3.05, 3.63) is 41.1 Å². The quantitative estimate of drug-likeness (QED) is 0.797. The average Bonchev–Trinajstić information content (AvgIpc) is 2.64. The summed E-state index contributed by atoms with van der Waals surface area (Å²) in [5, 5.41) is 3.35. The number of rotatable bonds is 6. The van der Waals surface area contributed by atoms with E-state index in [-0.39, 0.29) is 0 Å². The zero-order chi connectivity index (χ0) is 18.5. The van der Waals surface area contributed by atoms with Crippen molar-refractivity contribution in [1.82, 2.24) is 9.97 Å². The first-order valence-electron chi connectivity index (χ1n) is 9.74. The van der Waals surface area contributed by atoms with Crippen LogP contribution in [0.4, 0.5) is 17.5 Å². The van der Waals surface area contributed by atoms with Gasteiger partial charge in [-0.1, -0.05) is 25.5 Å². The molecule has 3 rings (SSSR count). The Balaban J connectivity index is 1.67. The van der Waals surface area contributed by atoms with Crippen molar-refractivity contribution in [2.45, 2.75) is 40.5 Å². The van der Waals surface area contributed by atoms with Gasteiger partial charge in [0.15, 0.2) is 0 Å². The molecule has 140 valence electrons. The summed E-state index contributed by atoms with van der Waals surface area (Å²) >= 11 is 0. The smallest absolute Gasteiger partial charge is 0.224 e. The summed E-state index contributed by atoms with van der Waals surface area (Å²) in [5.41, 5.74) is 5.14. The van der Waals surface area contributed by atoms with Gasteiger partial charge >= 0.3 is 0 Å².